The fourth-order valence-electron chi connectivity index (χ4n) is 5.63. The number of carbonyl (C=O) groups excluding carboxylic acids is 3. The van der Waals surface area contributed by atoms with Crippen molar-refractivity contribution in [3.05, 3.63) is 75.3 Å². The predicted octanol–water partition coefficient (Wildman–Crippen LogP) is 3.89. The van der Waals surface area contributed by atoms with Crippen LogP contribution in [0, 0.1) is 20.9 Å². The highest BCUT2D eigenvalue weighted by Gasteiger charge is 2.75. The van der Waals surface area contributed by atoms with Gasteiger partial charge in [0.2, 0.25) is 5.41 Å². The number of ether oxygens (including phenoxy) is 2. The molecule has 10 nitrogen and oxygen atoms in total. The molecular formula is C27H27N3O7. The summed E-state index contributed by atoms with van der Waals surface area (Å²) >= 11 is 0. The molecule has 10 heteroatoms. The maximum atomic E-state index is 14.1. The molecule has 0 aliphatic carbocycles. The number of nitro benzene ring substituents is 1. The van der Waals surface area contributed by atoms with Crippen molar-refractivity contribution in [3.8, 4) is 0 Å². The van der Waals surface area contributed by atoms with Gasteiger partial charge >= 0.3 is 11.9 Å². The Hall–Kier alpha value is -4.08. The van der Waals surface area contributed by atoms with Crippen molar-refractivity contribution >= 4 is 29.6 Å². The first-order valence-electron chi connectivity index (χ1n) is 12.0. The highest BCUT2D eigenvalue weighted by Crippen LogP contribution is 2.63. The quantitative estimate of drug-likeness (QED) is 0.266. The molecule has 2 aromatic carbocycles. The molecule has 0 unspecified atom stereocenters. The number of Topliss-reactive ketones (excluding diaryl/α,β-unsaturated/α-hetero) is 1. The third-order valence-corrected chi connectivity index (χ3v) is 7.23. The van der Waals surface area contributed by atoms with Gasteiger partial charge in [-0.05, 0) is 16.7 Å². The van der Waals surface area contributed by atoms with Crippen LogP contribution in [0.4, 0.5) is 5.69 Å². The topological polar surface area (TPSA) is 128 Å². The van der Waals surface area contributed by atoms with E-state index in [1.807, 2.05) is 12.1 Å². The molecule has 3 aliphatic rings. The maximum Gasteiger partial charge on any atom is 0.330 e. The van der Waals surface area contributed by atoms with Gasteiger partial charge in [0, 0.05) is 37.3 Å². The van der Waals surface area contributed by atoms with Crippen LogP contribution in [0.15, 0.2) is 53.6 Å². The van der Waals surface area contributed by atoms with Gasteiger partial charge in [-0.2, -0.15) is 5.10 Å². The SMILES string of the molecule is CC1(C)OC(=O)C2(C(=O)O1)[C@H](c1ccc([N+](=O)[O-])cc1)[C@H](C(=O)C(C)(C)C)N1N=Cc3ccccc3[C@H]12. The number of nitrogens with zero attached hydrogens (tertiary/aromatic N) is 3. The summed E-state index contributed by atoms with van der Waals surface area (Å²) in [5, 5.41) is 17.4. The number of ketones is 1. The summed E-state index contributed by atoms with van der Waals surface area (Å²) in [6.45, 7) is 8.20. The molecule has 0 radical (unpaired) electrons. The fourth-order valence-corrected chi connectivity index (χ4v) is 5.63. The Kier molecular flexibility index (Phi) is 5.29. The number of carbonyl (C=O) groups is 3. The van der Waals surface area contributed by atoms with Gasteiger partial charge in [-0.1, -0.05) is 57.2 Å². The largest absolute Gasteiger partial charge is 0.422 e. The summed E-state index contributed by atoms with van der Waals surface area (Å²) in [6, 6.07) is 10.7. The molecule has 37 heavy (non-hydrogen) atoms. The van der Waals surface area contributed by atoms with Crippen molar-refractivity contribution in [2.45, 2.75) is 58.4 Å². The first-order valence-corrected chi connectivity index (χ1v) is 12.0. The van der Waals surface area contributed by atoms with Gasteiger partial charge in [-0.25, -0.2) is 0 Å². The second kappa shape index (κ2) is 7.96. The summed E-state index contributed by atoms with van der Waals surface area (Å²) < 4.78 is 11.4. The minimum Gasteiger partial charge on any atom is -0.422 e. The lowest BCUT2D eigenvalue weighted by atomic mass is 9.64. The van der Waals surface area contributed by atoms with E-state index in [-0.39, 0.29) is 11.5 Å². The van der Waals surface area contributed by atoms with Crippen LogP contribution in [-0.4, -0.2) is 45.7 Å². The molecule has 0 N–H and O–H groups in total. The summed E-state index contributed by atoms with van der Waals surface area (Å²) in [5.41, 5.74) is -1.31. The van der Waals surface area contributed by atoms with E-state index in [9.17, 15) is 24.5 Å². The number of fused-ring (bicyclic) bond motifs is 4. The summed E-state index contributed by atoms with van der Waals surface area (Å²) in [4.78, 5) is 52.9. The summed E-state index contributed by atoms with van der Waals surface area (Å²) in [6.07, 6.45) is 1.60. The van der Waals surface area contributed by atoms with Crippen LogP contribution in [0.25, 0.3) is 0 Å². The van der Waals surface area contributed by atoms with Crippen molar-refractivity contribution in [1.29, 1.82) is 0 Å². The molecule has 0 saturated carbocycles. The zero-order valence-corrected chi connectivity index (χ0v) is 21.1. The van der Waals surface area contributed by atoms with Crippen LogP contribution < -0.4 is 0 Å². The third kappa shape index (κ3) is 3.53. The van der Waals surface area contributed by atoms with Crippen LogP contribution in [-0.2, 0) is 23.9 Å². The molecule has 2 saturated heterocycles. The maximum absolute atomic E-state index is 14.1. The van der Waals surface area contributed by atoms with E-state index < -0.39 is 51.5 Å². The number of esters is 2. The second-order valence-corrected chi connectivity index (χ2v) is 11.1. The predicted molar refractivity (Wildman–Crippen MR) is 131 cm³/mol. The molecule has 3 atom stereocenters. The molecule has 3 heterocycles. The molecule has 3 aliphatic heterocycles. The Morgan fingerprint density at radius 2 is 1.62 bits per heavy atom. The normalized spacial score (nSPS) is 25.2. The average Bonchev–Trinajstić information content (AvgIpc) is 3.13. The van der Waals surface area contributed by atoms with Crippen molar-refractivity contribution in [2.75, 3.05) is 0 Å². The van der Waals surface area contributed by atoms with E-state index in [0.29, 0.717) is 16.7 Å². The van der Waals surface area contributed by atoms with Gasteiger partial charge in [-0.15, -0.1) is 0 Å². The zero-order chi connectivity index (χ0) is 26.9. The molecule has 5 rings (SSSR count). The molecule has 2 aromatic rings. The number of hydrogen-bond donors (Lipinski definition) is 0. The van der Waals surface area contributed by atoms with E-state index in [4.69, 9.17) is 9.47 Å². The Morgan fingerprint density at radius 1 is 1.03 bits per heavy atom. The lowest BCUT2D eigenvalue weighted by Crippen LogP contribution is -2.58. The third-order valence-electron chi connectivity index (χ3n) is 7.23. The van der Waals surface area contributed by atoms with Crippen LogP contribution in [0.5, 0.6) is 0 Å². The zero-order valence-electron chi connectivity index (χ0n) is 21.1. The van der Waals surface area contributed by atoms with Crippen molar-refractivity contribution < 1.29 is 28.8 Å². The van der Waals surface area contributed by atoms with E-state index in [1.165, 1.54) is 43.1 Å². The van der Waals surface area contributed by atoms with Gasteiger partial charge < -0.3 is 9.47 Å². The standard InChI is InChI=1S/C27H27N3O7/c1-25(2,3)22(31)20-19(15-10-12-17(13-11-15)30(34)35)27(23(32)36-26(4,5)37-24(27)33)21-18-9-7-6-8-16(18)14-28-29(20)21/h6-14,19-21H,1-5H3/t19-,20-,21+/m1/s1. The minimum absolute atomic E-state index is 0.162. The van der Waals surface area contributed by atoms with Crippen LogP contribution in [0.2, 0.25) is 0 Å². The highest BCUT2D eigenvalue weighted by atomic mass is 16.7. The van der Waals surface area contributed by atoms with Gasteiger partial charge in [0.1, 0.15) is 12.1 Å². The summed E-state index contributed by atoms with van der Waals surface area (Å²) in [5.74, 6) is -4.51. The molecule has 192 valence electrons. The van der Waals surface area contributed by atoms with Crippen molar-refractivity contribution in [3.63, 3.8) is 0 Å². The smallest absolute Gasteiger partial charge is 0.330 e. The van der Waals surface area contributed by atoms with E-state index in [2.05, 4.69) is 5.10 Å². The number of benzene rings is 2. The lowest BCUT2D eigenvalue weighted by Gasteiger charge is -2.44. The first kappa shape index (κ1) is 24.6. The van der Waals surface area contributed by atoms with Crippen molar-refractivity contribution in [1.82, 2.24) is 5.01 Å². The second-order valence-electron chi connectivity index (χ2n) is 11.1. The van der Waals surface area contributed by atoms with Gasteiger partial charge in [-0.3, -0.25) is 29.5 Å². The Morgan fingerprint density at radius 3 is 2.19 bits per heavy atom. The van der Waals surface area contributed by atoms with Crippen molar-refractivity contribution in [2.24, 2.45) is 15.9 Å². The number of non-ortho nitro benzene ring substituents is 1. The molecule has 0 amide bonds. The number of hydrogen-bond acceptors (Lipinski definition) is 9. The Balaban J connectivity index is 1.83. The Bertz CT molecular complexity index is 1340. The average molecular weight is 506 g/mol. The molecule has 0 aromatic heterocycles. The Labute approximate surface area is 213 Å². The lowest BCUT2D eigenvalue weighted by molar-refractivity contribution is -0.384. The monoisotopic (exact) mass is 505 g/mol. The van der Waals surface area contributed by atoms with Crippen LogP contribution >= 0.6 is 0 Å². The molecule has 1 spiro atoms. The van der Waals surface area contributed by atoms with Gasteiger partial charge in [0.25, 0.3) is 11.5 Å². The van der Waals surface area contributed by atoms with Crippen LogP contribution in [0.1, 0.15) is 63.3 Å². The minimum atomic E-state index is -1.99. The molecule has 2 fully saturated rings. The number of hydrazone groups is 1. The van der Waals surface area contributed by atoms with Gasteiger partial charge in [0.05, 0.1) is 11.1 Å². The molecular weight excluding hydrogens is 478 g/mol. The molecule has 0 bridgehead atoms. The van der Waals surface area contributed by atoms with Crippen LogP contribution in [0.3, 0.4) is 0 Å². The van der Waals surface area contributed by atoms with E-state index in [0.717, 1.165) is 0 Å². The number of rotatable bonds is 3. The van der Waals surface area contributed by atoms with E-state index >= 15 is 0 Å². The number of cyclic esters (lactones) is 2. The van der Waals surface area contributed by atoms with E-state index in [1.54, 1.807) is 39.1 Å². The first-order chi connectivity index (χ1) is 17.3. The fraction of sp³-hybridized carbons (Fsp3) is 0.407. The highest BCUT2D eigenvalue weighted by molar-refractivity contribution is 6.07. The summed E-state index contributed by atoms with van der Waals surface area (Å²) in [7, 11) is 0. The number of nitro groups is 1. The van der Waals surface area contributed by atoms with Gasteiger partial charge in [0.15, 0.2) is 5.78 Å².